The van der Waals surface area contributed by atoms with Gasteiger partial charge in [0.25, 0.3) is 0 Å². The normalized spacial score (nSPS) is 14.5. The van der Waals surface area contributed by atoms with E-state index in [1.165, 1.54) is 38.1 Å². The lowest BCUT2D eigenvalue weighted by Gasteiger charge is -2.27. The highest BCUT2D eigenvalue weighted by Crippen LogP contribution is 2.20. The summed E-state index contributed by atoms with van der Waals surface area (Å²) in [7, 11) is 0. The van der Waals surface area contributed by atoms with Crippen LogP contribution in [0.4, 0.5) is 0 Å². The molecule has 0 aliphatic carbocycles. The lowest BCUT2D eigenvalue weighted by Crippen LogP contribution is -2.60. The van der Waals surface area contributed by atoms with Gasteiger partial charge in [0.15, 0.2) is 0 Å². The zero-order valence-corrected chi connectivity index (χ0v) is 45.9. The van der Waals surface area contributed by atoms with Gasteiger partial charge in [0.05, 0.1) is 31.9 Å². The van der Waals surface area contributed by atoms with Gasteiger partial charge in [-0.2, -0.15) is 11.8 Å². The summed E-state index contributed by atoms with van der Waals surface area (Å²) >= 11 is 1.44. The number of H-pyrrole nitrogens is 2. The Morgan fingerprint density at radius 2 is 1.20 bits per heavy atom. The lowest BCUT2D eigenvalue weighted by molar-refractivity contribution is -0.136. The summed E-state index contributed by atoms with van der Waals surface area (Å²) in [6.45, 7) is 4.72. The van der Waals surface area contributed by atoms with E-state index in [0.29, 0.717) is 33.5 Å². The first-order valence-electron chi connectivity index (χ1n) is 25.7. The maximum absolute atomic E-state index is 14.2. The van der Waals surface area contributed by atoms with Crippen molar-refractivity contribution in [2.45, 2.75) is 121 Å². The maximum atomic E-state index is 14.2. The molecule has 2 aromatic carbocycles. The summed E-state index contributed by atoms with van der Waals surface area (Å²) in [5.41, 5.74) is 18.7. The van der Waals surface area contributed by atoms with Gasteiger partial charge in [0, 0.05) is 48.3 Å². The van der Waals surface area contributed by atoms with Crippen molar-refractivity contribution in [2.24, 2.45) is 23.1 Å². The second-order valence-electron chi connectivity index (χ2n) is 19.4. The molecule has 0 saturated carbocycles. The lowest BCUT2D eigenvalue weighted by atomic mass is 10.00. The van der Waals surface area contributed by atoms with Crippen molar-refractivity contribution in [3.05, 3.63) is 90.1 Å². The number of aromatic nitrogens is 3. The quantitative estimate of drug-likeness (QED) is 0.0220. The number of benzene rings is 2. The minimum absolute atomic E-state index is 0.00764. The number of nitrogens with one attached hydrogen (secondary N) is 11. The van der Waals surface area contributed by atoms with E-state index in [9.17, 15) is 57.8 Å². The predicted octanol–water partition coefficient (Wildman–Crippen LogP) is -3.57. The summed E-state index contributed by atoms with van der Waals surface area (Å²) in [6, 6.07) is 4.90. The molecule has 0 spiro atoms. The number of rotatable bonds is 33. The second-order valence-corrected chi connectivity index (χ2v) is 20.4. The average Bonchev–Trinajstić information content (AvgIpc) is 4.13. The fraction of sp³-hybridized carbons (Fsp3) is 0.462. The number of primary amides is 2. The molecule has 18 N–H and O–H groups in total. The average molecular weight is 1130 g/mol. The number of carbonyl (C=O) groups excluding carboxylic acids is 11. The fourth-order valence-electron chi connectivity index (χ4n) is 8.18. The molecule has 0 saturated heterocycles. The molecule has 27 nitrogen and oxygen atoms in total. The number of carbonyl (C=O) groups is 11. The number of fused-ring (bicyclic) bond motifs is 1. The third kappa shape index (κ3) is 20.8. The molecular weight excluding hydrogens is 1060 g/mol. The van der Waals surface area contributed by atoms with E-state index in [0.717, 1.165) is 0 Å². The molecule has 0 bridgehead atoms. The van der Waals surface area contributed by atoms with Gasteiger partial charge in [-0.15, -0.1) is 0 Å². The molecule has 28 heteroatoms. The van der Waals surface area contributed by atoms with E-state index in [-0.39, 0.29) is 38.0 Å². The summed E-state index contributed by atoms with van der Waals surface area (Å²) in [5.74, 6) is -9.21. The Morgan fingerprint density at radius 3 is 1.80 bits per heavy atom. The van der Waals surface area contributed by atoms with Crippen LogP contribution in [0.25, 0.3) is 10.9 Å². The molecule has 11 amide bonds. The second kappa shape index (κ2) is 31.9. The summed E-state index contributed by atoms with van der Waals surface area (Å²) in [4.78, 5) is 156. The van der Waals surface area contributed by atoms with Gasteiger partial charge >= 0.3 is 0 Å². The number of para-hydroxylation sites is 1. The standard InChI is InChI=1S/C52H73N15O12S/c1-27(2)17-36(64-51(78)40(21-41(54)69)61-42(70)22-53)48(75)66-38(19-31-23-57-34-14-10-9-13-33(31)34)47(74)60-28(3)46(73)67-44(29(4)68)52(79)58-25-43(71)62-39(20-32-24-56-26-59-32)50(77)65-37(18-30-11-7-6-8-12-30)49(76)63-35(45(55)72)15-16-80-5/h6-14,23-24,26-29,35-40,44,57,68H,15-22,25,53H2,1-5H3,(H2,54,69)(H2,55,72)(H,56,59)(H,58,79)(H,60,74)(H,61,70)(H,62,71)(H,63,76)(H,64,78)(H,65,77)(H,66,75)(H,67,73)/t28-,29+,35-,36-,37?,38-,39-,40-,44-/m0/s1. The molecule has 0 fully saturated rings. The van der Waals surface area contributed by atoms with E-state index in [1.54, 1.807) is 74.6 Å². The Hall–Kier alpha value is -8.37. The monoisotopic (exact) mass is 1130 g/mol. The first-order valence-corrected chi connectivity index (χ1v) is 27.1. The van der Waals surface area contributed by atoms with E-state index in [4.69, 9.17) is 17.2 Å². The molecule has 0 aliphatic heterocycles. The van der Waals surface area contributed by atoms with Crippen LogP contribution in [0.15, 0.2) is 73.3 Å². The van der Waals surface area contributed by atoms with E-state index in [2.05, 4.69) is 62.8 Å². The van der Waals surface area contributed by atoms with Crippen LogP contribution in [0.3, 0.4) is 0 Å². The number of imidazole rings is 1. The van der Waals surface area contributed by atoms with Crippen molar-refractivity contribution in [2.75, 3.05) is 25.1 Å². The molecule has 2 aromatic heterocycles. The molecule has 4 aromatic rings. The van der Waals surface area contributed by atoms with Crippen LogP contribution in [0.5, 0.6) is 0 Å². The highest BCUT2D eigenvalue weighted by Gasteiger charge is 2.35. The van der Waals surface area contributed by atoms with Gasteiger partial charge in [0.1, 0.15) is 48.3 Å². The van der Waals surface area contributed by atoms with Crippen LogP contribution < -0.4 is 65.1 Å². The number of hydrogen-bond donors (Lipinski definition) is 15. The zero-order valence-electron chi connectivity index (χ0n) is 45.1. The first-order chi connectivity index (χ1) is 38.0. The fourth-order valence-corrected chi connectivity index (χ4v) is 8.65. The number of nitrogens with zero attached hydrogens (tertiary/aromatic N) is 1. The summed E-state index contributed by atoms with van der Waals surface area (Å²) < 4.78 is 0. The highest BCUT2D eigenvalue weighted by atomic mass is 32.2. The highest BCUT2D eigenvalue weighted by molar-refractivity contribution is 7.98. The van der Waals surface area contributed by atoms with Crippen molar-refractivity contribution in [1.29, 1.82) is 0 Å². The van der Waals surface area contributed by atoms with Crippen molar-refractivity contribution < 1.29 is 57.8 Å². The smallest absolute Gasteiger partial charge is 0.245 e. The minimum atomic E-state index is -1.70. The minimum Gasteiger partial charge on any atom is -0.391 e. The summed E-state index contributed by atoms with van der Waals surface area (Å²) in [5, 5.41) is 34.0. The van der Waals surface area contributed by atoms with E-state index < -0.39 is 139 Å². The Labute approximate surface area is 465 Å². The van der Waals surface area contributed by atoms with Gasteiger partial charge in [-0.05, 0) is 61.8 Å². The zero-order chi connectivity index (χ0) is 59.1. The third-order valence-electron chi connectivity index (χ3n) is 12.4. The van der Waals surface area contributed by atoms with Crippen LogP contribution in [-0.4, -0.2) is 165 Å². The molecule has 2 heterocycles. The van der Waals surface area contributed by atoms with Crippen molar-refractivity contribution in [3.63, 3.8) is 0 Å². The van der Waals surface area contributed by atoms with E-state index >= 15 is 0 Å². The number of aliphatic hydroxyl groups is 1. The Kier molecular flexibility index (Phi) is 25.6. The number of amides is 11. The van der Waals surface area contributed by atoms with Gasteiger partial charge in [-0.3, -0.25) is 52.7 Å². The summed E-state index contributed by atoms with van der Waals surface area (Å²) in [6.07, 6.45) is 4.01. The molecule has 1 unspecified atom stereocenters. The maximum Gasteiger partial charge on any atom is 0.245 e. The molecule has 4 rings (SSSR count). The topological polar surface area (TPSA) is 439 Å². The van der Waals surface area contributed by atoms with Crippen LogP contribution in [0.2, 0.25) is 0 Å². The molecule has 9 atom stereocenters. The molecule has 434 valence electrons. The van der Waals surface area contributed by atoms with E-state index in [1.807, 2.05) is 6.26 Å². The predicted molar refractivity (Wildman–Crippen MR) is 295 cm³/mol. The molecule has 0 aliphatic rings. The van der Waals surface area contributed by atoms with Crippen LogP contribution in [0, 0.1) is 5.92 Å². The Bertz CT molecular complexity index is 2780. The Morgan fingerprint density at radius 1 is 0.625 bits per heavy atom. The molecular formula is C52H73N15O12S. The van der Waals surface area contributed by atoms with Crippen LogP contribution in [-0.2, 0) is 72.0 Å². The van der Waals surface area contributed by atoms with Crippen LogP contribution >= 0.6 is 11.8 Å². The number of hydrogen-bond acceptors (Lipinski definition) is 15. The third-order valence-corrected chi connectivity index (χ3v) is 13.0. The SMILES string of the molecule is CSCC[C@H](NC(=O)C(Cc1ccccc1)NC(=O)[C@H](Cc1cnc[nH]1)NC(=O)CNC(=O)[C@@H](NC(=O)[C@H](C)NC(=O)[C@H](Cc1c[nH]c2ccccc12)NC(=O)[C@H](CC(C)C)NC(=O)[C@H](CC(N)=O)NC(=O)CN)[C@@H](C)O)C(N)=O. The van der Waals surface area contributed by atoms with Crippen molar-refractivity contribution >= 4 is 87.6 Å². The number of nitrogens with two attached hydrogens (primary N) is 3. The molecule has 80 heavy (non-hydrogen) atoms. The Balaban J connectivity index is 1.47. The number of thioether (sulfide) groups is 1. The molecule has 0 radical (unpaired) electrons. The van der Waals surface area contributed by atoms with Crippen molar-refractivity contribution in [3.8, 4) is 0 Å². The van der Waals surface area contributed by atoms with Crippen molar-refractivity contribution in [1.82, 2.24) is 62.8 Å². The number of aromatic amines is 2. The van der Waals surface area contributed by atoms with Gasteiger partial charge in [-0.1, -0.05) is 62.4 Å². The van der Waals surface area contributed by atoms with Gasteiger partial charge in [-0.25, -0.2) is 4.98 Å². The van der Waals surface area contributed by atoms with Crippen LogP contribution in [0.1, 0.15) is 63.8 Å². The largest absolute Gasteiger partial charge is 0.391 e. The van der Waals surface area contributed by atoms with Gasteiger partial charge < -0.3 is 80.1 Å². The number of aliphatic hydroxyl groups excluding tert-OH is 1. The van der Waals surface area contributed by atoms with Gasteiger partial charge in [0.2, 0.25) is 65.0 Å². The first kappa shape index (κ1) is 64.2.